The van der Waals surface area contributed by atoms with E-state index in [-0.39, 0.29) is 18.1 Å². The van der Waals surface area contributed by atoms with Crippen molar-refractivity contribution in [2.75, 3.05) is 13.1 Å². The molecule has 0 aliphatic carbocycles. The molecule has 1 amide bonds. The third-order valence-electron chi connectivity index (χ3n) is 3.83. The van der Waals surface area contributed by atoms with Crippen molar-refractivity contribution in [1.29, 1.82) is 0 Å². The maximum Gasteiger partial charge on any atom is 0.349 e. The molecule has 20 heavy (non-hydrogen) atoms. The van der Waals surface area contributed by atoms with Crippen molar-refractivity contribution < 1.29 is 4.79 Å². The van der Waals surface area contributed by atoms with Gasteiger partial charge in [0.1, 0.15) is 6.54 Å². The quantitative estimate of drug-likeness (QED) is 0.812. The topological polar surface area (TPSA) is 59.6 Å². The van der Waals surface area contributed by atoms with Crippen LogP contribution in [0.2, 0.25) is 0 Å². The monoisotopic (exact) mass is 274 g/mol. The van der Waals surface area contributed by atoms with Crippen LogP contribution in [0, 0.1) is 5.92 Å². The van der Waals surface area contributed by atoms with Gasteiger partial charge in [0.25, 0.3) is 0 Å². The Morgan fingerprint density at radius 1 is 1.50 bits per heavy atom. The molecule has 1 aliphatic heterocycles. The normalized spacial score (nSPS) is 19.4. The molecule has 3 heterocycles. The van der Waals surface area contributed by atoms with Gasteiger partial charge in [-0.25, -0.2) is 9.48 Å². The van der Waals surface area contributed by atoms with E-state index in [0.717, 1.165) is 31.4 Å². The number of carbonyl (C=O) groups excluding carboxylic acids is 1. The summed E-state index contributed by atoms with van der Waals surface area (Å²) in [5.74, 6) is 0.502. The van der Waals surface area contributed by atoms with Crippen molar-refractivity contribution in [3.63, 3.8) is 0 Å². The standard InChI is InChI=1S/C14H18N4O2/c1-11-4-2-6-16(9-11)13(19)10-18-14(20)17-7-3-5-12(17)8-15-18/h3,5,7-8,11H,2,4,6,9-10H2,1H3/t11-/m0/s1. The molecule has 6 heteroatoms. The van der Waals surface area contributed by atoms with Crippen LogP contribution in [0.5, 0.6) is 0 Å². The van der Waals surface area contributed by atoms with E-state index in [9.17, 15) is 9.59 Å². The Balaban J connectivity index is 1.80. The zero-order chi connectivity index (χ0) is 14.1. The number of nitrogens with zero attached hydrogens (tertiary/aromatic N) is 4. The Bertz CT molecular complexity index is 688. The Morgan fingerprint density at radius 2 is 2.35 bits per heavy atom. The molecule has 0 saturated carbocycles. The van der Waals surface area contributed by atoms with Crippen molar-refractivity contribution in [3.8, 4) is 0 Å². The number of likely N-dealkylation sites (tertiary alicyclic amines) is 1. The number of hydrogen-bond acceptors (Lipinski definition) is 3. The molecule has 6 nitrogen and oxygen atoms in total. The molecular weight excluding hydrogens is 256 g/mol. The summed E-state index contributed by atoms with van der Waals surface area (Å²) in [5, 5.41) is 4.07. The number of amides is 1. The largest absolute Gasteiger partial charge is 0.349 e. The lowest BCUT2D eigenvalue weighted by atomic mass is 10.0. The SMILES string of the molecule is C[C@H]1CCCN(C(=O)Cn2ncc3cccn3c2=O)C1. The van der Waals surface area contributed by atoms with Gasteiger partial charge in [-0.15, -0.1) is 0 Å². The lowest BCUT2D eigenvalue weighted by Gasteiger charge is -2.30. The first-order valence-electron chi connectivity index (χ1n) is 6.96. The van der Waals surface area contributed by atoms with Crippen molar-refractivity contribution in [3.05, 3.63) is 35.0 Å². The molecule has 1 aliphatic rings. The van der Waals surface area contributed by atoms with Gasteiger partial charge in [0, 0.05) is 19.3 Å². The molecule has 0 aromatic carbocycles. The van der Waals surface area contributed by atoms with E-state index in [4.69, 9.17) is 0 Å². The van der Waals surface area contributed by atoms with Crippen LogP contribution >= 0.6 is 0 Å². The fourth-order valence-electron chi connectivity index (χ4n) is 2.73. The van der Waals surface area contributed by atoms with E-state index in [1.54, 1.807) is 18.5 Å². The molecule has 0 unspecified atom stereocenters. The highest BCUT2D eigenvalue weighted by Crippen LogP contribution is 2.15. The Kier molecular flexibility index (Phi) is 3.30. The lowest BCUT2D eigenvalue weighted by molar-refractivity contribution is -0.133. The van der Waals surface area contributed by atoms with Crippen molar-refractivity contribution in [1.82, 2.24) is 19.1 Å². The molecule has 2 aromatic rings. The molecule has 0 radical (unpaired) electrons. The molecule has 2 aromatic heterocycles. The first-order chi connectivity index (χ1) is 9.65. The Labute approximate surface area is 116 Å². The fourth-order valence-corrected chi connectivity index (χ4v) is 2.73. The molecule has 0 N–H and O–H groups in total. The molecule has 0 spiro atoms. The summed E-state index contributed by atoms with van der Waals surface area (Å²) in [4.78, 5) is 26.3. The molecular formula is C14H18N4O2. The maximum absolute atomic E-state index is 12.3. The Morgan fingerprint density at radius 3 is 3.15 bits per heavy atom. The second kappa shape index (κ2) is 5.11. The molecule has 0 bridgehead atoms. The van der Waals surface area contributed by atoms with Gasteiger partial charge in [0.2, 0.25) is 5.91 Å². The molecule has 3 rings (SSSR count). The highest BCUT2D eigenvalue weighted by Gasteiger charge is 2.21. The summed E-state index contributed by atoms with van der Waals surface area (Å²) in [6, 6.07) is 3.60. The van der Waals surface area contributed by atoms with Crippen LogP contribution < -0.4 is 5.69 Å². The Hall–Kier alpha value is -2.11. The van der Waals surface area contributed by atoms with Crippen LogP contribution in [0.3, 0.4) is 0 Å². The summed E-state index contributed by atoms with van der Waals surface area (Å²) in [6.45, 7) is 3.72. The summed E-state index contributed by atoms with van der Waals surface area (Å²) < 4.78 is 2.73. The van der Waals surface area contributed by atoms with Crippen LogP contribution in [0.15, 0.2) is 29.3 Å². The lowest BCUT2D eigenvalue weighted by Crippen LogP contribution is -2.43. The van der Waals surface area contributed by atoms with Crippen LogP contribution in [-0.4, -0.2) is 38.1 Å². The number of aromatic nitrogens is 3. The zero-order valence-electron chi connectivity index (χ0n) is 11.5. The molecule has 106 valence electrons. The van der Waals surface area contributed by atoms with Gasteiger partial charge in [-0.05, 0) is 30.9 Å². The van der Waals surface area contributed by atoms with Gasteiger partial charge in [0.15, 0.2) is 0 Å². The first-order valence-corrected chi connectivity index (χ1v) is 6.96. The zero-order valence-corrected chi connectivity index (χ0v) is 11.5. The minimum atomic E-state index is -0.272. The number of rotatable bonds is 2. The van der Waals surface area contributed by atoms with Gasteiger partial charge in [0.05, 0.1) is 11.7 Å². The van der Waals surface area contributed by atoms with Crippen LogP contribution in [0.1, 0.15) is 19.8 Å². The average Bonchev–Trinajstić information content (AvgIpc) is 2.91. The van der Waals surface area contributed by atoms with E-state index in [2.05, 4.69) is 12.0 Å². The van der Waals surface area contributed by atoms with Gasteiger partial charge < -0.3 is 4.90 Å². The number of carbonyl (C=O) groups is 1. The van der Waals surface area contributed by atoms with Crippen molar-refractivity contribution in [2.24, 2.45) is 5.92 Å². The molecule has 1 saturated heterocycles. The smallest absolute Gasteiger partial charge is 0.341 e. The van der Waals surface area contributed by atoms with Gasteiger partial charge in [-0.1, -0.05) is 6.92 Å². The van der Waals surface area contributed by atoms with E-state index >= 15 is 0 Å². The average molecular weight is 274 g/mol. The van der Waals surface area contributed by atoms with E-state index < -0.39 is 0 Å². The molecule has 1 atom stereocenters. The number of hydrogen-bond donors (Lipinski definition) is 0. The third-order valence-corrected chi connectivity index (χ3v) is 3.83. The fraction of sp³-hybridized carbons (Fsp3) is 0.500. The highest BCUT2D eigenvalue weighted by atomic mass is 16.2. The minimum Gasteiger partial charge on any atom is -0.341 e. The van der Waals surface area contributed by atoms with E-state index in [1.807, 2.05) is 11.0 Å². The summed E-state index contributed by atoms with van der Waals surface area (Å²) in [5.41, 5.74) is 0.469. The van der Waals surface area contributed by atoms with E-state index in [1.165, 1.54) is 9.08 Å². The number of fused-ring (bicyclic) bond motifs is 1. The van der Waals surface area contributed by atoms with Gasteiger partial charge in [-0.3, -0.25) is 9.20 Å². The second-order valence-corrected chi connectivity index (χ2v) is 5.48. The van der Waals surface area contributed by atoms with Crippen molar-refractivity contribution in [2.45, 2.75) is 26.3 Å². The third kappa shape index (κ3) is 2.33. The second-order valence-electron chi connectivity index (χ2n) is 5.48. The maximum atomic E-state index is 12.3. The number of piperidine rings is 1. The highest BCUT2D eigenvalue weighted by molar-refractivity contribution is 5.76. The summed E-state index contributed by atoms with van der Waals surface area (Å²) in [6.07, 6.45) is 5.49. The summed E-state index contributed by atoms with van der Waals surface area (Å²) in [7, 11) is 0. The van der Waals surface area contributed by atoms with Crippen molar-refractivity contribution >= 4 is 11.4 Å². The first kappa shape index (κ1) is 12.9. The van der Waals surface area contributed by atoms with Crippen LogP contribution in [0.4, 0.5) is 0 Å². The van der Waals surface area contributed by atoms with Gasteiger partial charge in [-0.2, -0.15) is 5.10 Å². The van der Waals surface area contributed by atoms with Gasteiger partial charge >= 0.3 is 5.69 Å². The predicted molar refractivity (Wildman–Crippen MR) is 74.4 cm³/mol. The summed E-state index contributed by atoms with van der Waals surface area (Å²) >= 11 is 0. The predicted octanol–water partition coefficient (Wildman–Crippen LogP) is 0.754. The van der Waals surface area contributed by atoms with Crippen LogP contribution in [-0.2, 0) is 11.3 Å². The molecule has 1 fully saturated rings. The van der Waals surface area contributed by atoms with Crippen LogP contribution in [0.25, 0.3) is 5.52 Å². The minimum absolute atomic E-state index is 0.0136. The van der Waals surface area contributed by atoms with E-state index in [0.29, 0.717) is 5.92 Å².